The number of aromatic nitrogens is 2. The van der Waals surface area contributed by atoms with Gasteiger partial charge in [-0.3, -0.25) is 0 Å². The van der Waals surface area contributed by atoms with Gasteiger partial charge in [-0.15, -0.1) is 0 Å². The van der Waals surface area contributed by atoms with Crippen molar-refractivity contribution in [2.24, 2.45) is 0 Å². The lowest BCUT2D eigenvalue weighted by molar-refractivity contribution is 0.338. The molecule has 0 radical (unpaired) electrons. The van der Waals surface area contributed by atoms with E-state index < -0.39 is 0 Å². The topological polar surface area (TPSA) is 56.3 Å². The first-order valence-corrected chi connectivity index (χ1v) is 7.49. The average Bonchev–Trinajstić information content (AvgIpc) is 2.47. The van der Waals surface area contributed by atoms with E-state index in [-0.39, 0.29) is 0 Å². The Morgan fingerprint density at radius 1 is 1.20 bits per heavy atom. The van der Waals surface area contributed by atoms with Gasteiger partial charge in [0.05, 0.1) is 6.61 Å². The van der Waals surface area contributed by atoms with Gasteiger partial charge < -0.3 is 14.8 Å². The highest BCUT2D eigenvalue weighted by atomic mass is 32.2. The van der Waals surface area contributed by atoms with E-state index in [9.17, 15) is 0 Å². The van der Waals surface area contributed by atoms with E-state index in [0.29, 0.717) is 23.4 Å². The first-order valence-electron chi connectivity index (χ1n) is 6.26. The largest absolute Gasteiger partial charge is 0.494 e. The second-order valence-corrected chi connectivity index (χ2v) is 4.61. The van der Waals surface area contributed by atoms with Crippen LogP contribution in [0.3, 0.4) is 0 Å². The lowest BCUT2D eigenvalue weighted by Gasteiger charge is -2.09. The molecule has 1 N–H and O–H groups in total. The SMILES string of the molecule is CCOc1cccc(Oc2cc(NC)nc(SC)n2)c1. The molecule has 2 aromatic rings. The first-order chi connectivity index (χ1) is 9.75. The van der Waals surface area contributed by atoms with E-state index in [1.165, 1.54) is 11.8 Å². The molecule has 0 spiro atoms. The van der Waals surface area contributed by atoms with Crippen LogP contribution in [0.5, 0.6) is 17.4 Å². The molecule has 0 saturated heterocycles. The van der Waals surface area contributed by atoms with Gasteiger partial charge in [0.2, 0.25) is 5.88 Å². The molecular formula is C14H17N3O2S. The highest BCUT2D eigenvalue weighted by Crippen LogP contribution is 2.26. The molecular weight excluding hydrogens is 274 g/mol. The van der Waals surface area contributed by atoms with Crippen LogP contribution in [0.25, 0.3) is 0 Å². The van der Waals surface area contributed by atoms with Crippen LogP contribution in [0.4, 0.5) is 5.82 Å². The third-order valence-corrected chi connectivity index (χ3v) is 3.01. The summed E-state index contributed by atoms with van der Waals surface area (Å²) in [4.78, 5) is 8.61. The van der Waals surface area contributed by atoms with Crippen molar-refractivity contribution in [1.29, 1.82) is 0 Å². The lowest BCUT2D eigenvalue weighted by Crippen LogP contribution is -1.98. The standard InChI is InChI=1S/C14H17N3O2S/c1-4-18-10-6-5-7-11(8-10)19-13-9-12(15-2)16-14(17-13)20-3/h5-9H,4H2,1-3H3,(H,15,16,17). The highest BCUT2D eigenvalue weighted by Gasteiger charge is 2.06. The third kappa shape index (κ3) is 3.77. The van der Waals surface area contributed by atoms with Gasteiger partial charge in [-0.05, 0) is 25.3 Å². The molecule has 2 rings (SSSR count). The van der Waals surface area contributed by atoms with Crippen molar-refractivity contribution in [1.82, 2.24) is 9.97 Å². The Hall–Kier alpha value is -1.95. The van der Waals surface area contributed by atoms with E-state index >= 15 is 0 Å². The molecule has 5 nitrogen and oxygen atoms in total. The molecule has 0 unspecified atom stereocenters. The first kappa shape index (κ1) is 14.5. The number of anilines is 1. The summed E-state index contributed by atoms with van der Waals surface area (Å²) in [6.45, 7) is 2.57. The summed E-state index contributed by atoms with van der Waals surface area (Å²) in [6, 6.07) is 9.23. The lowest BCUT2D eigenvalue weighted by atomic mass is 10.3. The van der Waals surface area contributed by atoms with Gasteiger partial charge in [0, 0.05) is 19.2 Å². The molecule has 0 atom stereocenters. The zero-order chi connectivity index (χ0) is 14.4. The van der Waals surface area contributed by atoms with Crippen LogP contribution in [-0.2, 0) is 0 Å². The number of thioether (sulfide) groups is 1. The Balaban J connectivity index is 2.22. The second-order valence-electron chi connectivity index (χ2n) is 3.84. The number of hydrogen-bond donors (Lipinski definition) is 1. The Morgan fingerprint density at radius 3 is 2.70 bits per heavy atom. The van der Waals surface area contributed by atoms with E-state index in [1.807, 2.05) is 44.5 Å². The summed E-state index contributed by atoms with van der Waals surface area (Å²) in [7, 11) is 1.81. The maximum absolute atomic E-state index is 5.77. The summed E-state index contributed by atoms with van der Waals surface area (Å²) in [5, 5.41) is 3.65. The molecule has 1 aromatic heterocycles. The maximum atomic E-state index is 5.77. The van der Waals surface area contributed by atoms with E-state index in [2.05, 4.69) is 15.3 Å². The Labute approximate surface area is 122 Å². The average molecular weight is 291 g/mol. The molecule has 106 valence electrons. The Morgan fingerprint density at radius 2 is 2.00 bits per heavy atom. The van der Waals surface area contributed by atoms with Crippen molar-refractivity contribution in [2.75, 3.05) is 25.2 Å². The molecule has 0 fully saturated rings. The third-order valence-electron chi connectivity index (χ3n) is 2.46. The van der Waals surface area contributed by atoms with Crippen molar-refractivity contribution in [3.63, 3.8) is 0 Å². The Bertz CT molecular complexity index is 556. The number of nitrogens with zero attached hydrogens (tertiary/aromatic N) is 2. The van der Waals surface area contributed by atoms with Gasteiger partial charge in [0.1, 0.15) is 17.3 Å². The number of rotatable bonds is 6. The van der Waals surface area contributed by atoms with E-state index in [1.54, 1.807) is 6.07 Å². The molecule has 0 aliphatic heterocycles. The number of ether oxygens (including phenoxy) is 2. The molecule has 0 saturated carbocycles. The predicted octanol–water partition coefficient (Wildman–Crippen LogP) is 3.43. The molecule has 0 amide bonds. The number of benzene rings is 1. The van der Waals surface area contributed by atoms with Crippen LogP contribution in [0.1, 0.15) is 6.92 Å². The summed E-state index contributed by atoms with van der Waals surface area (Å²) in [5.74, 6) is 2.68. The zero-order valence-corrected chi connectivity index (χ0v) is 12.5. The van der Waals surface area contributed by atoms with E-state index in [0.717, 1.165) is 11.6 Å². The van der Waals surface area contributed by atoms with Gasteiger partial charge in [-0.1, -0.05) is 17.8 Å². The van der Waals surface area contributed by atoms with Gasteiger partial charge in [0.25, 0.3) is 0 Å². The fraction of sp³-hybridized carbons (Fsp3) is 0.286. The fourth-order valence-electron chi connectivity index (χ4n) is 1.59. The van der Waals surface area contributed by atoms with Gasteiger partial charge in [-0.2, -0.15) is 4.98 Å². The summed E-state index contributed by atoms with van der Waals surface area (Å²) in [5.41, 5.74) is 0. The molecule has 0 aliphatic carbocycles. The fourth-order valence-corrected chi connectivity index (χ4v) is 1.96. The van der Waals surface area contributed by atoms with Gasteiger partial charge >= 0.3 is 0 Å². The maximum Gasteiger partial charge on any atom is 0.225 e. The number of nitrogens with one attached hydrogen (secondary N) is 1. The molecule has 0 bridgehead atoms. The normalized spacial score (nSPS) is 10.2. The molecule has 0 aliphatic rings. The minimum atomic E-state index is 0.502. The zero-order valence-electron chi connectivity index (χ0n) is 11.7. The molecule has 1 aromatic carbocycles. The van der Waals surface area contributed by atoms with Gasteiger partial charge in [-0.25, -0.2) is 4.98 Å². The predicted molar refractivity (Wildman–Crippen MR) is 81.0 cm³/mol. The highest BCUT2D eigenvalue weighted by molar-refractivity contribution is 7.98. The van der Waals surface area contributed by atoms with E-state index in [4.69, 9.17) is 9.47 Å². The molecule has 1 heterocycles. The van der Waals surface area contributed by atoms with Gasteiger partial charge in [0.15, 0.2) is 5.16 Å². The molecule has 20 heavy (non-hydrogen) atoms. The van der Waals surface area contributed by atoms with Crippen LogP contribution in [-0.4, -0.2) is 29.9 Å². The summed E-state index contributed by atoms with van der Waals surface area (Å²) >= 11 is 1.47. The number of hydrogen-bond acceptors (Lipinski definition) is 6. The van der Waals surface area contributed by atoms with Crippen molar-refractivity contribution >= 4 is 17.6 Å². The summed E-state index contributed by atoms with van der Waals surface area (Å²) < 4.78 is 11.2. The van der Waals surface area contributed by atoms with Crippen molar-refractivity contribution in [3.05, 3.63) is 30.3 Å². The van der Waals surface area contributed by atoms with Crippen LogP contribution < -0.4 is 14.8 Å². The van der Waals surface area contributed by atoms with Crippen molar-refractivity contribution < 1.29 is 9.47 Å². The minimum Gasteiger partial charge on any atom is -0.494 e. The van der Waals surface area contributed by atoms with Crippen LogP contribution >= 0.6 is 11.8 Å². The van der Waals surface area contributed by atoms with Crippen LogP contribution in [0.15, 0.2) is 35.5 Å². The second kappa shape index (κ2) is 7.00. The monoisotopic (exact) mass is 291 g/mol. The quantitative estimate of drug-likeness (QED) is 0.650. The van der Waals surface area contributed by atoms with Crippen LogP contribution in [0, 0.1) is 0 Å². The molecule has 6 heteroatoms. The van der Waals surface area contributed by atoms with Crippen molar-refractivity contribution in [2.45, 2.75) is 12.1 Å². The smallest absolute Gasteiger partial charge is 0.225 e. The van der Waals surface area contributed by atoms with Crippen LogP contribution in [0.2, 0.25) is 0 Å². The summed E-state index contributed by atoms with van der Waals surface area (Å²) in [6.07, 6.45) is 1.92. The van der Waals surface area contributed by atoms with Crippen molar-refractivity contribution in [3.8, 4) is 17.4 Å². The Kier molecular flexibility index (Phi) is 5.06. The minimum absolute atomic E-state index is 0.502.